The molecule has 6 nitrogen and oxygen atoms in total. The van der Waals surface area contributed by atoms with E-state index in [9.17, 15) is 14.0 Å². The first-order chi connectivity index (χ1) is 15.3. The van der Waals surface area contributed by atoms with Crippen molar-refractivity contribution in [1.82, 2.24) is 9.99 Å². The molecule has 0 bridgehead atoms. The fourth-order valence-corrected chi connectivity index (χ4v) is 3.59. The Morgan fingerprint density at radius 2 is 1.84 bits per heavy atom. The van der Waals surface area contributed by atoms with Crippen molar-refractivity contribution in [3.63, 3.8) is 0 Å². The second-order valence-electron chi connectivity index (χ2n) is 7.65. The number of pyridine rings is 1. The smallest absolute Gasteiger partial charge is 0.272 e. The number of nitrogens with two attached hydrogens (primary N) is 1. The van der Waals surface area contributed by atoms with Gasteiger partial charge in [-0.05, 0) is 54.8 Å². The van der Waals surface area contributed by atoms with Crippen LogP contribution >= 0.6 is 11.6 Å². The van der Waals surface area contributed by atoms with Gasteiger partial charge >= 0.3 is 0 Å². The molecule has 0 aliphatic rings. The van der Waals surface area contributed by atoms with E-state index in [0.717, 1.165) is 16.7 Å². The van der Waals surface area contributed by atoms with Crippen molar-refractivity contribution < 1.29 is 9.18 Å². The van der Waals surface area contributed by atoms with E-state index < -0.39 is 5.82 Å². The molecule has 168 valence electrons. The van der Waals surface area contributed by atoms with Crippen molar-refractivity contribution in [1.29, 1.82) is 0 Å². The minimum atomic E-state index is -0.422. The number of carbonyl (C=O) groups excluding carboxylic acids is 1. The maximum absolute atomic E-state index is 13.9. The van der Waals surface area contributed by atoms with Crippen LogP contribution in [0.15, 0.2) is 53.5 Å². The molecule has 0 saturated heterocycles. The van der Waals surface area contributed by atoms with Crippen LogP contribution in [0.4, 0.5) is 4.39 Å². The van der Waals surface area contributed by atoms with Crippen LogP contribution < -0.4 is 22.0 Å². The highest BCUT2D eigenvalue weighted by Crippen LogP contribution is 2.15. The number of aryl methyl sites for hydroxylation is 2. The Labute approximate surface area is 191 Å². The van der Waals surface area contributed by atoms with E-state index in [2.05, 4.69) is 10.7 Å². The molecule has 2 aromatic carbocycles. The van der Waals surface area contributed by atoms with Gasteiger partial charge in [-0.15, -0.1) is 0 Å². The molecule has 1 heterocycles. The molecule has 3 aromatic rings. The lowest BCUT2D eigenvalue weighted by molar-refractivity contribution is -0.120. The summed E-state index contributed by atoms with van der Waals surface area (Å²) in [6.07, 6.45) is 1.49. The number of nitrogens with one attached hydrogen (secondary N) is 2. The molecule has 8 heteroatoms. The van der Waals surface area contributed by atoms with Crippen molar-refractivity contribution in [3.05, 3.63) is 103 Å². The summed E-state index contributed by atoms with van der Waals surface area (Å²) in [7, 11) is 0. The number of benzene rings is 2. The number of halogens is 2. The van der Waals surface area contributed by atoms with E-state index >= 15 is 0 Å². The van der Waals surface area contributed by atoms with Crippen LogP contribution in [-0.4, -0.2) is 10.6 Å². The second-order valence-corrected chi connectivity index (χ2v) is 8.09. The lowest BCUT2D eigenvalue weighted by Crippen LogP contribution is -2.34. The largest absolute Gasteiger partial charge is 0.352 e. The van der Waals surface area contributed by atoms with Crippen molar-refractivity contribution in [3.8, 4) is 0 Å². The first-order valence-corrected chi connectivity index (χ1v) is 10.6. The predicted molar refractivity (Wildman–Crippen MR) is 125 cm³/mol. The van der Waals surface area contributed by atoms with E-state index in [0.29, 0.717) is 34.8 Å². The van der Waals surface area contributed by atoms with Gasteiger partial charge in [0.05, 0.1) is 13.0 Å². The SMILES string of the molecule is Cc1ccc(CN)c(CNC(=O)Cc2c(C)ccn(NCc3cc(Cl)ccc3F)c2=O)c1. The van der Waals surface area contributed by atoms with Crippen LogP contribution in [0.25, 0.3) is 0 Å². The van der Waals surface area contributed by atoms with Gasteiger partial charge in [-0.25, -0.2) is 9.07 Å². The van der Waals surface area contributed by atoms with E-state index in [1.54, 1.807) is 19.2 Å². The molecule has 0 fully saturated rings. The molecule has 0 radical (unpaired) electrons. The average molecular weight is 457 g/mol. The zero-order valence-electron chi connectivity index (χ0n) is 18.0. The van der Waals surface area contributed by atoms with Gasteiger partial charge in [-0.1, -0.05) is 35.4 Å². The summed E-state index contributed by atoms with van der Waals surface area (Å²) in [4.78, 5) is 25.5. The quantitative estimate of drug-likeness (QED) is 0.485. The van der Waals surface area contributed by atoms with Gasteiger partial charge in [0.25, 0.3) is 5.56 Å². The van der Waals surface area contributed by atoms with Crippen molar-refractivity contribution in [2.75, 3.05) is 5.43 Å². The number of hydrogen-bond acceptors (Lipinski definition) is 4. The van der Waals surface area contributed by atoms with E-state index in [1.165, 1.54) is 22.9 Å². The Kier molecular flexibility index (Phi) is 7.66. The van der Waals surface area contributed by atoms with Crippen LogP contribution in [0.2, 0.25) is 5.02 Å². The number of amides is 1. The van der Waals surface area contributed by atoms with Crippen LogP contribution in [-0.2, 0) is 30.8 Å². The Bertz CT molecular complexity index is 1190. The summed E-state index contributed by atoms with van der Waals surface area (Å²) >= 11 is 5.92. The van der Waals surface area contributed by atoms with Crippen LogP contribution in [0.3, 0.4) is 0 Å². The molecule has 4 N–H and O–H groups in total. The van der Waals surface area contributed by atoms with E-state index in [4.69, 9.17) is 17.3 Å². The summed E-state index contributed by atoms with van der Waals surface area (Å²) in [5, 5.41) is 3.27. The number of nitrogens with zero attached hydrogens (tertiary/aromatic N) is 1. The first kappa shape index (κ1) is 23.5. The van der Waals surface area contributed by atoms with Gasteiger partial charge in [0.15, 0.2) is 0 Å². The summed E-state index contributed by atoms with van der Waals surface area (Å²) < 4.78 is 15.2. The average Bonchev–Trinajstić information content (AvgIpc) is 2.77. The maximum Gasteiger partial charge on any atom is 0.272 e. The highest BCUT2D eigenvalue weighted by molar-refractivity contribution is 6.30. The Morgan fingerprint density at radius 1 is 1.06 bits per heavy atom. The topological polar surface area (TPSA) is 89.2 Å². The minimum absolute atomic E-state index is 0.0657. The molecule has 0 aliphatic carbocycles. The number of hydrogen-bond donors (Lipinski definition) is 3. The third kappa shape index (κ3) is 5.75. The number of rotatable bonds is 8. The molecule has 3 rings (SSSR count). The zero-order chi connectivity index (χ0) is 23.3. The van der Waals surface area contributed by atoms with Gasteiger partial charge in [0, 0.05) is 35.4 Å². The van der Waals surface area contributed by atoms with E-state index in [-0.39, 0.29) is 24.4 Å². The third-order valence-electron chi connectivity index (χ3n) is 5.27. The van der Waals surface area contributed by atoms with Crippen molar-refractivity contribution in [2.45, 2.75) is 39.9 Å². The number of carbonyl (C=O) groups is 1. The highest BCUT2D eigenvalue weighted by atomic mass is 35.5. The standard InChI is InChI=1S/C24H26ClFN4O2/c1-15-3-4-17(12-27)18(9-15)13-28-23(31)11-21-16(2)7-8-30(24(21)32)29-14-19-10-20(25)5-6-22(19)26/h3-10,29H,11-14,27H2,1-2H3,(H,28,31). The predicted octanol–water partition coefficient (Wildman–Crippen LogP) is 3.32. The van der Waals surface area contributed by atoms with Crippen molar-refractivity contribution in [2.24, 2.45) is 5.73 Å². The molecule has 0 atom stereocenters. The molecule has 0 saturated carbocycles. The zero-order valence-corrected chi connectivity index (χ0v) is 18.8. The molecule has 0 aliphatic heterocycles. The third-order valence-corrected chi connectivity index (χ3v) is 5.50. The van der Waals surface area contributed by atoms with Gasteiger partial charge < -0.3 is 16.5 Å². The molecule has 0 spiro atoms. The molecular weight excluding hydrogens is 431 g/mol. The Balaban J connectivity index is 1.70. The molecular formula is C24H26ClFN4O2. The molecule has 1 aromatic heterocycles. The first-order valence-electron chi connectivity index (χ1n) is 10.2. The second kappa shape index (κ2) is 10.4. The summed E-state index contributed by atoms with van der Waals surface area (Å²) in [5.74, 6) is -0.692. The van der Waals surface area contributed by atoms with Crippen LogP contribution in [0.5, 0.6) is 0 Å². The molecule has 1 amide bonds. The lowest BCUT2D eigenvalue weighted by Gasteiger charge is -2.14. The van der Waals surface area contributed by atoms with Gasteiger partial charge in [0.1, 0.15) is 5.82 Å². The maximum atomic E-state index is 13.9. The highest BCUT2D eigenvalue weighted by Gasteiger charge is 2.13. The molecule has 0 unspecified atom stereocenters. The monoisotopic (exact) mass is 456 g/mol. The normalized spacial score (nSPS) is 10.8. The van der Waals surface area contributed by atoms with Gasteiger partial charge in [-0.3, -0.25) is 9.59 Å². The van der Waals surface area contributed by atoms with Crippen molar-refractivity contribution >= 4 is 17.5 Å². The fraction of sp³-hybridized carbons (Fsp3) is 0.250. The molecule has 32 heavy (non-hydrogen) atoms. The van der Waals surface area contributed by atoms with Crippen LogP contribution in [0, 0.1) is 19.7 Å². The van der Waals surface area contributed by atoms with E-state index in [1.807, 2.05) is 25.1 Å². The fourth-order valence-electron chi connectivity index (χ4n) is 3.39. The van der Waals surface area contributed by atoms with Crippen LogP contribution in [0.1, 0.15) is 33.4 Å². The number of aromatic nitrogens is 1. The lowest BCUT2D eigenvalue weighted by atomic mass is 10.0. The summed E-state index contributed by atoms with van der Waals surface area (Å²) in [6.45, 7) is 4.53. The Morgan fingerprint density at radius 3 is 2.59 bits per heavy atom. The van der Waals surface area contributed by atoms with Gasteiger partial charge in [-0.2, -0.15) is 0 Å². The Hall–Kier alpha value is -3.16. The van der Waals surface area contributed by atoms with Gasteiger partial charge in [0.2, 0.25) is 5.91 Å². The minimum Gasteiger partial charge on any atom is -0.352 e. The summed E-state index contributed by atoms with van der Waals surface area (Å²) in [6, 6.07) is 11.9. The summed E-state index contributed by atoms with van der Waals surface area (Å²) in [5.41, 5.74) is 12.7.